The number of likely N-dealkylation sites (tertiary alicyclic amines) is 1. The summed E-state index contributed by atoms with van der Waals surface area (Å²) in [5, 5.41) is 10.1. The van der Waals surface area contributed by atoms with Crippen molar-refractivity contribution in [2.24, 2.45) is 11.8 Å². The molecule has 1 spiro atoms. The fourth-order valence-electron chi connectivity index (χ4n) is 7.11. The van der Waals surface area contributed by atoms with E-state index in [-0.39, 0.29) is 48.7 Å². The van der Waals surface area contributed by atoms with Gasteiger partial charge >= 0.3 is 0 Å². The molecule has 43 heavy (non-hydrogen) atoms. The van der Waals surface area contributed by atoms with Crippen molar-refractivity contribution in [3.63, 3.8) is 0 Å². The number of anilines is 1. The first-order valence-corrected chi connectivity index (χ1v) is 15.8. The Labute approximate surface area is 266 Å². The van der Waals surface area contributed by atoms with Gasteiger partial charge in [-0.25, -0.2) is 0 Å². The van der Waals surface area contributed by atoms with E-state index in [1.807, 2.05) is 49.4 Å². The van der Waals surface area contributed by atoms with E-state index in [0.717, 1.165) is 11.1 Å². The maximum atomic E-state index is 14.7. The predicted molar refractivity (Wildman–Crippen MR) is 170 cm³/mol. The molecule has 8 nitrogen and oxygen atoms in total. The van der Waals surface area contributed by atoms with Crippen molar-refractivity contribution in [3.05, 3.63) is 90.0 Å². The summed E-state index contributed by atoms with van der Waals surface area (Å²) >= 11 is 10.4. The summed E-state index contributed by atoms with van der Waals surface area (Å²) in [5.74, 6) is -2.52. The van der Waals surface area contributed by atoms with Crippen LogP contribution in [0.25, 0.3) is 0 Å². The highest BCUT2D eigenvalue weighted by molar-refractivity contribution is 9.09. The van der Waals surface area contributed by atoms with E-state index in [1.54, 1.807) is 28.0 Å². The Kier molecular flexibility index (Phi) is 9.46. The first-order chi connectivity index (χ1) is 20.7. The zero-order valence-electron chi connectivity index (χ0n) is 24.2. The van der Waals surface area contributed by atoms with Gasteiger partial charge in [-0.15, -0.1) is 13.2 Å². The number of ether oxygens (including phenoxy) is 1. The van der Waals surface area contributed by atoms with Crippen LogP contribution in [0.2, 0.25) is 5.02 Å². The zero-order valence-corrected chi connectivity index (χ0v) is 26.5. The summed E-state index contributed by atoms with van der Waals surface area (Å²) in [5.41, 5.74) is 1.06. The molecule has 3 aliphatic heterocycles. The van der Waals surface area contributed by atoms with Crippen molar-refractivity contribution < 1.29 is 24.2 Å². The van der Waals surface area contributed by atoms with Crippen molar-refractivity contribution in [2.75, 3.05) is 31.1 Å². The lowest BCUT2D eigenvalue weighted by atomic mass is 9.70. The van der Waals surface area contributed by atoms with Gasteiger partial charge in [0.2, 0.25) is 11.8 Å². The summed E-state index contributed by atoms with van der Waals surface area (Å²) in [6, 6.07) is 14.0. The second-order valence-electron chi connectivity index (χ2n) is 11.4. The van der Waals surface area contributed by atoms with Gasteiger partial charge < -0.3 is 24.5 Å². The van der Waals surface area contributed by atoms with E-state index in [2.05, 4.69) is 29.1 Å². The molecule has 3 fully saturated rings. The maximum absolute atomic E-state index is 14.7. The third kappa shape index (κ3) is 5.45. The average Bonchev–Trinajstić information content (AvgIpc) is 3.58. The Hall–Kier alpha value is -2.98. The number of rotatable bonds is 12. The second-order valence-corrected chi connectivity index (χ2v) is 13.0. The minimum Gasteiger partial charge on any atom is -0.396 e. The number of hydrogen-bond acceptors (Lipinski definition) is 5. The molecular formula is C33H37BrClN3O5. The molecule has 2 bridgehead atoms. The maximum Gasteiger partial charge on any atom is 0.253 e. The quantitative estimate of drug-likeness (QED) is 0.265. The van der Waals surface area contributed by atoms with Gasteiger partial charge in [0, 0.05) is 37.6 Å². The number of aliphatic hydroxyl groups excluding tert-OH is 1. The van der Waals surface area contributed by atoms with E-state index < -0.39 is 29.6 Å². The second kappa shape index (κ2) is 12.9. The van der Waals surface area contributed by atoms with Gasteiger partial charge in [-0.1, -0.05) is 82.1 Å². The molecule has 2 aromatic rings. The van der Waals surface area contributed by atoms with Gasteiger partial charge in [0.05, 0.1) is 28.6 Å². The van der Waals surface area contributed by atoms with Gasteiger partial charge in [-0.2, -0.15) is 0 Å². The lowest BCUT2D eigenvalue weighted by molar-refractivity contribution is -0.145. The number of halogens is 2. The highest BCUT2D eigenvalue weighted by Gasteiger charge is 2.76. The number of benzene rings is 2. The van der Waals surface area contributed by atoms with E-state index in [1.165, 1.54) is 4.90 Å². The topological polar surface area (TPSA) is 90.4 Å². The smallest absolute Gasteiger partial charge is 0.253 e. The van der Waals surface area contributed by atoms with Crippen LogP contribution in [0, 0.1) is 18.8 Å². The number of carbonyl (C=O) groups is 3. The third-order valence-electron chi connectivity index (χ3n) is 8.78. The number of nitrogens with zero attached hydrogens (tertiary/aromatic N) is 3. The minimum absolute atomic E-state index is 0.149. The number of fused-ring (bicyclic) bond motifs is 1. The van der Waals surface area contributed by atoms with E-state index >= 15 is 0 Å². The molecule has 3 heterocycles. The Morgan fingerprint density at radius 2 is 1.86 bits per heavy atom. The molecule has 0 aromatic heterocycles. The number of aryl methyl sites for hydroxylation is 1. The monoisotopic (exact) mass is 669 g/mol. The van der Waals surface area contributed by atoms with Crippen molar-refractivity contribution in [1.82, 2.24) is 9.80 Å². The van der Waals surface area contributed by atoms with Crippen molar-refractivity contribution in [2.45, 2.75) is 48.9 Å². The largest absolute Gasteiger partial charge is 0.396 e. The molecule has 3 aliphatic rings. The molecule has 2 aromatic carbocycles. The molecule has 6 atom stereocenters. The number of para-hydroxylation sites is 1. The van der Waals surface area contributed by atoms with Gasteiger partial charge in [0.15, 0.2) is 0 Å². The van der Waals surface area contributed by atoms with Crippen LogP contribution >= 0.6 is 27.5 Å². The Morgan fingerprint density at radius 1 is 1.14 bits per heavy atom. The molecule has 0 saturated carbocycles. The van der Waals surface area contributed by atoms with Crippen LogP contribution in [0.5, 0.6) is 0 Å². The number of amides is 3. The van der Waals surface area contributed by atoms with E-state index in [0.29, 0.717) is 30.2 Å². The summed E-state index contributed by atoms with van der Waals surface area (Å²) in [4.78, 5) is 47.9. The van der Waals surface area contributed by atoms with Gasteiger partial charge in [0.1, 0.15) is 11.6 Å². The summed E-state index contributed by atoms with van der Waals surface area (Å²) in [6.07, 6.45) is 3.36. The highest BCUT2D eigenvalue weighted by atomic mass is 79.9. The average molecular weight is 671 g/mol. The SMILES string of the molecule is C=CCN(Cc1ccccc1)C(=O)[C@H]1[C@@H]2OC3(CC2Br)C(C(=O)N(CC=C)c2c(C)cccc2Cl)N(CCCO)C(=O)[C@H]13. The molecule has 1 N–H and O–H groups in total. The first-order valence-electron chi connectivity index (χ1n) is 14.5. The van der Waals surface area contributed by atoms with Crippen molar-refractivity contribution in [1.29, 1.82) is 0 Å². The number of alkyl halides is 1. The molecule has 3 saturated heterocycles. The fraction of sp³-hybridized carbons (Fsp3) is 0.424. The van der Waals surface area contributed by atoms with Gasteiger partial charge in [-0.3, -0.25) is 14.4 Å². The zero-order chi connectivity index (χ0) is 30.9. The minimum atomic E-state index is -1.23. The van der Waals surface area contributed by atoms with Crippen LogP contribution in [0.4, 0.5) is 5.69 Å². The van der Waals surface area contributed by atoms with Crippen LogP contribution < -0.4 is 4.90 Å². The fourth-order valence-corrected chi connectivity index (χ4v) is 8.38. The number of aliphatic hydroxyl groups is 1. The lowest BCUT2D eigenvalue weighted by Gasteiger charge is -2.38. The van der Waals surface area contributed by atoms with Crippen LogP contribution in [-0.2, 0) is 25.7 Å². The molecular weight excluding hydrogens is 634 g/mol. The normalized spacial score (nSPS) is 27.2. The van der Waals surface area contributed by atoms with Crippen molar-refractivity contribution in [3.8, 4) is 0 Å². The molecule has 5 rings (SSSR count). The van der Waals surface area contributed by atoms with Crippen LogP contribution in [0.15, 0.2) is 73.8 Å². The first kappa shape index (κ1) is 31.4. The Balaban J connectivity index is 1.57. The molecule has 3 amide bonds. The van der Waals surface area contributed by atoms with Crippen molar-refractivity contribution >= 4 is 50.9 Å². The molecule has 0 radical (unpaired) electrons. The molecule has 10 heteroatoms. The van der Waals surface area contributed by atoms with Crippen LogP contribution in [-0.4, -0.2) is 81.4 Å². The van der Waals surface area contributed by atoms with E-state index in [9.17, 15) is 19.5 Å². The Bertz CT molecular complexity index is 1390. The third-order valence-corrected chi connectivity index (χ3v) is 9.93. The predicted octanol–water partition coefficient (Wildman–Crippen LogP) is 4.51. The Morgan fingerprint density at radius 3 is 2.51 bits per heavy atom. The molecule has 228 valence electrons. The number of carbonyl (C=O) groups excluding carboxylic acids is 3. The number of hydrogen-bond donors (Lipinski definition) is 1. The standard InChI is InChI=1S/C33H37BrClN3O5/c1-4-15-36(20-22-12-7-6-8-13-22)30(40)25-26-31(41)38(17-10-18-39)29(33(26)19-23(34)28(25)43-33)32(42)37(16-5-2)27-21(3)11-9-14-24(27)35/h4-9,11-14,23,25-26,28-29,39H,1-2,10,15-20H2,3H3/t23?,25-,26+,28-,29?,33?/m1/s1. The summed E-state index contributed by atoms with van der Waals surface area (Å²) in [7, 11) is 0. The van der Waals surface area contributed by atoms with Gasteiger partial charge in [0.25, 0.3) is 5.91 Å². The van der Waals surface area contributed by atoms with E-state index in [4.69, 9.17) is 16.3 Å². The van der Waals surface area contributed by atoms with Gasteiger partial charge in [-0.05, 0) is 37.0 Å². The lowest BCUT2D eigenvalue weighted by Crippen LogP contribution is -2.57. The molecule has 3 unspecified atom stereocenters. The molecule has 0 aliphatic carbocycles. The van der Waals surface area contributed by atoms with Crippen LogP contribution in [0.1, 0.15) is 24.0 Å². The summed E-state index contributed by atoms with van der Waals surface area (Å²) < 4.78 is 6.70. The summed E-state index contributed by atoms with van der Waals surface area (Å²) in [6.45, 7) is 10.4. The van der Waals surface area contributed by atoms with Crippen LogP contribution in [0.3, 0.4) is 0 Å². The highest BCUT2D eigenvalue weighted by Crippen LogP contribution is 2.60.